The smallest absolute Gasteiger partial charge is 0.222 e. The highest BCUT2D eigenvalue weighted by Gasteiger charge is 2.16. The van der Waals surface area contributed by atoms with Crippen LogP contribution in [0.3, 0.4) is 0 Å². The Bertz CT molecular complexity index is 424. The molecule has 0 aliphatic rings. The van der Waals surface area contributed by atoms with Crippen LogP contribution in [0.5, 0.6) is 0 Å². The summed E-state index contributed by atoms with van der Waals surface area (Å²) in [7, 11) is 8.13. The maximum atomic E-state index is 11.7. The van der Waals surface area contributed by atoms with Crippen LogP contribution >= 0.6 is 0 Å². The molecule has 4 nitrogen and oxygen atoms in total. The number of carbonyl (C=O) groups is 1. The number of benzene rings is 1. The van der Waals surface area contributed by atoms with Gasteiger partial charge in [0.25, 0.3) is 0 Å². The van der Waals surface area contributed by atoms with Crippen LogP contribution in [-0.4, -0.2) is 45.5 Å². The van der Waals surface area contributed by atoms with Crippen LogP contribution in [0, 0.1) is 5.92 Å². The first-order valence-electron chi connectivity index (χ1n) is 7.04. The third-order valence-electron chi connectivity index (χ3n) is 3.41. The highest BCUT2D eigenvalue weighted by atomic mass is 16.1. The fourth-order valence-electron chi connectivity index (χ4n) is 1.99. The lowest BCUT2D eigenvalue weighted by Crippen LogP contribution is -2.36. The van der Waals surface area contributed by atoms with Gasteiger partial charge in [-0.3, -0.25) is 4.79 Å². The molecule has 1 unspecified atom stereocenters. The molecular weight excluding hydrogens is 250 g/mol. The van der Waals surface area contributed by atoms with E-state index in [0.717, 1.165) is 0 Å². The molecule has 0 aromatic heterocycles. The van der Waals surface area contributed by atoms with Crippen LogP contribution < -0.4 is 10.2 Å². The van der Waals surface area contributed by atoms with E-state index in [1.165, 1.54) is 11.3 Å². The van der Waals surface area contributed by atoms with Crippen molar-refractivity contribution < 1.29 is 4.79 Å². The molecule has 4 heteroatoms. The number of likely N-dealkylation sites (N-methyl/N-ethyl adjacent to an activating group) is 1. The highest BCUT2D eigenvalue weighted by molar-refractivity contribution is 5.77. The second-order valence-corrected chi connectivity index (χ2v) is 5.87. The Morgan fingerprint density at radius 3 is 2.05 bits per heavy atom. The fourth-order valence-corrected chi connectivity index (χ4v) is 1.99. The van der Waals surface area contributed by atoms with E-state index in [1.54, 1.807) is 0 Å². The van der Waals surface area contributed by atoms with Crippen molar-refractivity contribution in [2.75, 3.05) is 39.6 Å². The van der Waals surface area contributed by atoms with Crippen LogP contribution in [0.25, 0.3) is 0 Å². The van der Waals surface area contributed by atoms with Crippen LogP contribution in [0.15, 0.2) is 24.3 Å². The van der Waals surface area contributed by atoms with Gasteiger partial charge >= 0.3 is 0 Å². The van der Waals surface area contributed by atoms with Gasteiger partial charge in [-0.2, -0.15) is 0 Å². The molecule has 0 saturated carbocycles. The lowest BCUT2D eigenvalue weighted by molar-refractivity contribution is -0.124. The monoisotopic (exact) mass is 277 g/mol. The first kappa shape index (κ1) is 16.5. The molecule has 0 radical (unpaired) electrons. The third-order valence-corrected chi connectivity index (χ3v) is 3.41. The number of nitrogens with one attached hydrogen (secondary N) is 1. The summed E-state index contributed by atoms with van der Waals surface area (Å²) in [5.41, 5.74) is 2.39. The third kappa shape index (κ3) is 4.53. The molecule has 0 aliphatic carbocycles. The minimum atomic E-state index is 0.0222. The summed E-state index contributed by atoms with van der Waals surface area (Å²) in [6.45, 7) is 4.45. The summed E-state index contributed by atoms with van der Waals surface area (Å²) in [5.74, 6) is 0.121. The Balaban J connectivity index is 2.78. The van der Waals surface area contributed by atoms with Gasteiger partial charge in [-0.1, -0.05) is 26.0 Å². The Morgan fingerprint density at radius 1 is 1.10 bits per heavy atom. The molecule has 1 aromatic rings. The molecule has 112 valence electrons. The van der Waals surface area contributed by atoms with E-state index < -0.39 is 0 Å². The summed E-state index contributed by atoms with van der Waals surface area (Å²) in [6.07, 6.45) is 0. The Morgan fingerprint density at radius 2 is 1.65 bits per heavy atom. The zero-order valence-electron chi connectivity index (χ0n) is 13.5. The summed E-state index contributed by atoms with van der Waals surface area (Å²) in [4.78, 5) is 15.9. The molecule has 1 N–H and O–H groups in total. The van der Waals surface area contributed by atoms with E-state index in [9.17, 15) is 4.79 Å². The van der Waals surface area contributed by atoms with Crippen molar-refractivity contribution in [3.63, 3.8) is 0 Å². The number of hydrogen-bond acceptors (Lipinski definition) is 3. The van der Waals surface area contributed by atoms with Gasteiger partial charge in [-0.15, -0.1) is 0 Å². The molecule has 1 atom stereocenters. The van der Waals surface area contributed by atoms with E-state index in [-0.39, 0.29) is 17.9 Å². The van der Waals surface area contributed by atoms with E-state index in [4.69, 9.17) is 0 Å². The lowest BCUT2D eigenvalue weighted by atomic mass is 10.0. The standard InChI is InChI=1S/C16H27N3O/c1-12(2)16(20)17-11-15(19(5)6)13-7-9-14(10-8-13)18(3)4/h7-10,12,15H,11H2,1-6H3,(H,17,20). The maximum Gasteiger partial charge on any atom is 0.222 e. The minimum Gasteiger partial charge on any atom is -0.378 e. The Hall–Kier alpha value is -1.55. The molecule has 1 aromatic carbocycles. The zero-order valence-corrected chi connectivity index (χ0v) is 13.5. The number of rotatable bonds is 6. The van der Waals surface area contributed by atoms with Crippen molar-refractivity contribution in [3.8, 4) is 0 Å². The molecule has 0 aliphatic heterocycles. The summed E-state index contributed by atoms with van der Waals surface area (Å²) < 4.78 is 0. The second kappa shape index (κ2) is 7.29. The van der Waals surface area contributed by atoms with E-state index >= 15 is 0 Å². The minimum absolute atomic E-state index is 0.0222. The van der Waals surface area contributed by atoms with Gasteiger partial charge in [0.15, 0.2) is 0 Å². The van der Waals surface area contributed by atoms with Gasteiger partial charge in [0.2, 0.25) is 5.91 Å². The normalized spacial score (nSPS) is 12.6. The average molecular weight is 277 g/mol. The van der Waals surface area contributed by atoms with Crippen molar-refractivity contribution >= 4 is 11.6 Å². The van der Waals surface area contributed by atoms with Crippen molar-refractivity contribution in [2.24, 2.45) is 5.92 Å². The summed E-state index contributed by atoms with van der Waals surface area (Å²) in [5, 5.41) is 3.01. The van der Waals surface area contributed by atoms with Crippen LogP contribution in [-0.2, 0) is 4.79 Å². The van der Waals surface area contributed by atoms with E-state index in [1.807, 2.05) is 42.0 Å². The van der Waals surface area contributed by atoms with Gasteiger partial charge in [0.1, 0.15) is 0 Å². The van der Waals surface area contributed by atoms with Gasteiger partial charge in [0.05, 0.1) is 6.04 Å². The van der Waals surface area contributed by atoms with E-state index in [2.05, 4.69) is 39.4 Å². The average Bonchev–Trinajstić information content (AvgIpc) is 2.38. The Labute approximate surface area is 122 Å². The molecular formula is C16H27N3O. The van der Waals surface area contributed by atoms with Crippen LogP contribution in [0.4, 0.5) is 5.69 Å². The first-order valence-corrected chi connectivity index (χ1v) is 7.04. The predicted octanol–water partition coefficient (Wildman–Crippen LogP) is 2.13. The highest BCUT2D eigenvalue weighted by Crippen LogP contribution is 2.21. The molecule has 20 heavy (non-hydrogen) atoms. The Kier molecular flexibility index (Phi) is 6.02. The molecule has 0 heterocycles. The number of nitrogens with zero attached hydrogens (tertiary/aromatic N) is 2. The quantitative estimate of drug-likeness (QED) is 0.865. The van der Waals surface area contributed by atoms with Crippen molar-refractivity contribution in [1.29, 1.82) is 0 Å². The van der Waals surface area contributed by atoms with Crippen molar-refractivity contribution in [1.82, 2.24) is 10.2 Å². The van der Waals surface area contributed by atoms with Crippen molar-refractivity contribution in [2.45, 2.75) is 19.9 Å². The largest absolute Gasteiger partial charge is 0.378 e. The molecule has 1 rings (SSSR count). The SMILES string of the molecule is CC(C)C(=O)NCC(c1ccc(N(C)C)cc1)N(C)C. The van der Waals surface area contributed by atoms with Crippen molar-refractivity contribution in [3.05, 3.63) is 29.8 Å². The van der Waals surface area contributed by atoms with E-state index in [0.29, 0.717) is 6.54 Å². The molecule has 1 amide bonds. The molecule has 0 fully saturated rings. The number of amides is 1. The molecule has 0 bridgehead atoms. The van der Waals surface area contributed by atoms with Gasteiger partial charge in [-0.05, 0) is 31.8 Å². The topological polar surface area (TPSA) is 35.6 Å². The number of hydrogen-bond donors (Lipinski definition) is 1. The lowest BCUT2D eigenvalue weighted by Gasteiger charge is -2.26. The van der Waals surface area contributed by atoms with Crippen LogP contribution in [0.1, 0.15) is 25.5 Å². The summed E-state index contributed by atoms with van der Waals surface area (Å²) in [6, 6.07) is 8.66. The number of anilines is 1. The second-order valence-electron chi connectivity index (χ2n) is 5.87. The number of carbonyl (C=O) groups excluding carboxylic acids is 1. The molecule has 0 saturated heterocycles. The van der Waals surface area contributed by atoms with Crippen LogP contribution in [0.2, 0.25) is 0 Å². The first-order chi connectivity index (χ1) is 9.32. The van der Waals surface area contributed by atoms with Gasteiger partial charge in [-0.25, -0.2) is 0 Å². The summed E-state index contributed by atoms with van der Waals surface area (Å²) >= 11 is 0. The predicted molar refractivity (Wildman–Crippen MR) is 85.0 cm³/mol. The van der Waals surface area contributed by atoms with Gasteiger partial charge in [0, 0.05) is 32.2 Å². The zero-order chi connectivity index (χ0) is 15.3. The van der Waals surface area contributed by atoms with Gasteiger partial charge < -0.3 is 15.1 Å². The fraction of sp³-hybridized carbons (Fsp3) is 0.562. The maximum absolute atomic E-state index is 11.7. The molecule has 0 spiro atoms.